The third-order valence-corrected chi connectivity index (χ3v) is 13.1. The van der Waals surface area contributed by atoms with Crippen molar-refractivity contribution in [3.8, 4) is 11.5 Å². The van der Waals surface area contributed by atoms with E-state index in [2.05, 4.69) is 9.47 Å². The van der Waals surface area contributed by atoms with Crippen LogP contribution in [0.25, 0.3) is 0 Å². The van der Waals surface area contributed by atoms with Gasteiger partial charge < -0.3 is 9.47 Å². The molecule has 0 spiro atoms. The second-order valence-electron chi connectivity index (χ2n) is 16.0. The van der Waals surface area contributed by atoms with Gasteiger partial charge in [0, 0.05) is 11.1 Å². The number of ketones is 1. The van der Waals surface area contributed by atoms with Crippen LogP contribution in [-0.2, 0) is 0 Å². The van der Waals surface area contributed by atoms with Crippen molar-refractivity contribution in [2.45, 2.75) is 127 Å². The first-order valence-electron chi connectivity index (χ1n) is 18.9. The fourth-order valence-electron chi connectivity index (χ4n) is 5.42. The molecular weight excluding hydrogens is 1560 g/mol. The van der Waals surface area contributed by atoms with E-state index in [1.165, 1.54) is 0 Å². The first-order valence-corrected chi connectivity index (χ1v) is 21.0. The molecule has 0 aliphatic rings. The molecule has 0 aliphatic carbocycles. The Bertz CT molecular complexity index is 2520. The van der Waals surface area contributed by atoms with Gasteiger partial charge in [-0.05, 0) is 93.7 Å². The van der Waals surface area contributed by atoms with Crippen molar-refractivity contribution < 1.29 is 207 Å². The third-order valence-electron chi connectivity index (χ3n) is 10.5. The van der Waals surface area contributed by atoms with Crippen molar-refractivity contribution in [2.24, 2.45) is 0 Å². The van der Waals surface area contributed by atoms with E-state index in [0.717, 1.165) is 0 Å². The summed E-state index contributed by atoms with van der Waals surface area (Å²) in [7, 11) is 0. The summed E-state index contributed by atoms with van der Waals surface area (Å²) in [6.45, 7) is 0. The Morgan fingerprint density at radius 2 is 0.381 bits per heavy atom. The third kappa shape index (κ3) is 10.1. The highest BCUT2D eigenvalue weighted by Gasteiger charge is 3.01. The molecule has 2 rings (SSSR count). The molecule has 3 nitrogen and oxygen atoms in total. The van der Waals surface area contributed by atoms with Crippen LogP contribution in [0.15, 0.2) is 48.5 Å². The molecule has 0 saturated carbocycles. The van der Waals surface area contributed by atoms with Crippen molar-refractivity contribution in [1.29, 1.82) is 0 Å². The molecule has 0 fully saturated rings. The lowest BCUT2D eigenvalue weighted by atomic mass is 9.86. The molecule has 488 valence electrons. The molecule has 0 saturated heterocycles. The number of carbonyl (C=O) groups excluding carboxylic acids is 1. The van der Waals surface area contributed by atoms with Gasteiger partial charge in [-0.1, -0.05) is 0 Å². The Balaban J connectivity index is 2.51. The van der Waals surface area contributed by atoms with Crippen LogP contribution in [0.4, 0.5) is 193 Å². The summed E-state index contributed by atoms with van der Waals surface area (Å²) < 4.78 is 601. The Kier molecular flexibility index (Phi) is 18.7. The summed E-state index contributed by atoms with van der Waals surface area (Å²) in [5.74, 6) is -154. The van der Waals surface area contributed by atoms with Gasteiger partial charge in [-0.2, -0.15) is 184 Å². The van der Waals surface area contributed by atoms with Crippen LogP contribution in [0.2, 0.25) is 0 Å². The molecule has 2 unspecified atom stereocenters. The van der Waals surface area contributed by atoms with E-state index in [4.69, 9.17) is 0 Å². The second-order valence-corrected chi connectivity index (χ2v) is 18.9. The minimum absolute atomic E-state index is 0.0728. The molecule has 0 bridgehead atoms. The summed E-state index contributed by atoms with van der Waals surface area (Å²) in [6.07, 6.45) is -30.8. The maximum Gasteiger partial charge on any atom is 0.460 e. The van der Waals surface area contributed by atoms with Gasteiger partial charge in [0.25, 0.3) is 0 Å². The Morgan fingerprint density at radius 1 is 0.238 bits per heavy atom. The maximum atomic E-state index is 15.0. The molecule has 0 aromatic heterocycles. The highest BCUT2D eigenvalue weighted by molar-refractivity contribution is 14.1. The summed E-state index contributed by atoms with van der Waals surface area (Å²) in [6, 6.07) is -1.59. The molecule has 0 N–H and O–H groups in total. The fourth-order valence-corrected chi connectivity index (χ4v) is 6.32. The van der Waals surface area contributed by atoms with E-state index in [-0.39, 0.29) is 48.5 Å². The average molecular weight is 1570 g/mol. The van der Waals surface area contributed by atoms with Crippen LogP contribution in [-0.4, -0.2) is 132 Å². The van der Waals surface area contributed by atoms with Crippen LogP contribution < -0.4 is 9.47 Å². The van der Waals surface area contributed by atoms with E-state index in [0.29, 0.717) is 0 Å². The normalized spacial score (nSPS) is 17.4. The number of alkyl halides is 46. The van der Waals surface area contributed by atoms with Crippen molar-refractivity contribution in [1.82, 2.24) is 0 Å². The average Bonchev–Trinajstić information content (AvgIpc) is 3.29. The number of halogens is 46. The zero-order valence-electron chi connectivity index (χ0n) is 36.7. The molecule has 0 amide bonds. The van der Waals surface area contributed by atoms with Gasteiger partial charge in [0.2, 0.25) is 0 Å². The van der Waals surface area contributed by atoms with E-state index >= 15 is 0 Å². The van der Waals surface area contributed by atoms with Crippen LogP contribution in [0.3, 0.4) is 0 Å². The quantitative estimate of drug-likeness (QED) is 0.0455. The zero-order valence-corrected chi connectivity index (χ0v) is 41.0. The van der Waals surface area contributed by atoms with Crippen LogP contribution in [0, 0.1) is 0 Å². The van der Waals surface area contributed by atoms with Gasteiger partial charge in [0.1, 0.15) is 11.5 Å². The number of carbonyl (C=O) groups is 1. The van der Waals surface area contributed by atoms with Gasteiger partial charge in [-0.25, -0.2) is 8.78 Å². The van der Waals surface area contributed by atoms with Crippen molar-refractivity contribution >= 4 is 51.0 Å². The molecule has 2 aromatic carbocycles. The van der Waals surface area contributed by atoms with Crippen molar-refractivity contribution in [2.75, 3.05) is 0 Å². The van der Waals surface area contributed by atoms with Gasteiger partial charge in [-0.3, -0.25) is 4.79 Å². The summed E-state index contributed by atoms with van der Waals surface area (Å²) in [5.41, 5.74) is -2.42. The number of benzene rings is 2. The topological polar surface area (TPSA) is 35.5 Å². The Morgan fingerprint density at radius 3 is 0.536 bits per heavy atom. The number of hydrogen-bond acceptors (Lipinski definition) is 3. The van der Waals surface area contributed by atoms with Crippen LogP contribution in [0.5, 0.6) is 11.5 Å². The lowest BCUT2D eigenvalue weighted by Gasteiger charge is -2.45. The minimum Gasteiger partial charge on any atom is -0.429 e. The lowest BCUT2D eigenvalue weighted by molar-refractivity contribution is -0.472. The summed E-state index contributed by atoms with van der Waals surface area (Å²) >= 11 is -2.98. The lowest BCUT2D eigenvalue weighted by Crippen LogP contribution is -2.77. The largest absolute Gasteiger partial charge is 0.460 e. The maximum absolute atomic E-state index is 15.0. The predicted octanol–water partition coefficient (Wildman–Crippen LogP) is 18.4. The molecule has 2 aromatic rings. The Hall–Kier alpha value is -3.91. The van der Waals surface area contributed by atoms with Crippen molar-refractivity contribution in [3.05, 3.63) is 59.7 Å². The molecule has 0 heterocycles. The van der Waals surface area contributed by atoms with Gasteiger partial charge in [-0.15, -0.1) is 0 Å². The molecule has 49 heteroatoms. The van der Waals surface area contributed by atoms with E-state index in [1.807, 2.05) is 0 Å². The fraction of sp³-hybridized carbons (Fsp3) is 0.629. The molecule has 0 aliphatic heterocycles. The summed E-state index contributed by atoms with van der Waals surface area (Å²) in [4.78, 5) is 12.8. The zero-order chi connectivity index (χ0) is 68.0. The standard InChI is InChI=1S/C35H8F44I2O3/c36-14(37,16(40,41)20(48,49)24(56,57)28(64,65)32(70,71)72)18(44,45)22(52,53)26(60,61)30(68,80)34(76,77)83-11-5-1-9(2-6-11)13(82)10-3-7-12(8-4-10)84-35(78,79)31(69,81)27(62,63)23(54,55)19(46,47)15(38,39)17(42,43)21(50,51)25(58,59)29(66,67)33(73,74)75/h1-8H. The highest BCUT2D eigenvalue weighted by Crippen LogP contribution is 2.70. The van der Waals surface area contributed by atoms with Crippen molar-refractivity contribution in [3.63, 3.8) is 0 Å². The van der Waals surface area contributed by atoms with Crippen LogP contribution in [0.1, 0.15) is 15.9 Å². The first-order chi connectivity index (χ1) is 36.0. The molecule has 0 radical (unpaired) electrons. The Labute approximate surface area is 455 Å². The van der Waals surface area contributed by atoms with Gasteiger partial charge >= 0.3 is 127 Å². The van der Waals surface area contributed by atoms with E-state index < -0.39 is 200 Å². The smallest absolute Gasteiger partial charge is 0.429 e. The summed E-state index contributed by atoms with van der Waals surface area (Å²) in [5, 5.41) is 0. The van der Waals surface area contributed by atoms with Gasteiger partial charge in [0.05, 0.1) is 0 Å². The monoisotopic (exact) mass is 1570 g/mol. The van der Waals surface area contributed by atoms with Gasteiger partial charge in [0.15, 0.2) is 5.78 Å². The number of rotatable bonds is 24. The highest BCUT2D eigenvalue weighted by atomic mass is 127. The molecule has 84 heavy (non-hydrogen) atoms. The first kappa shape index (κ1) is 76.2. The van der Waals surface area contributed by atoms with E-state index in [9.17, 15) is 198 Å². The van der Waals surface area contributed by atoms with E-state index in [1.54, 1.807) is 0 Å². The minimum atomic E-state index is -9.59. The van der Waals surface area contributed by atoms with Crippen LogP contribution >= 0.6 is 45.2 Å². The SMILES string of the molecule is O=C(c1ccc(OC(F)(F)C(F)(I)C(F)(F)C(F)(F)C(F)(F)C(F)(F)C(F)(F)C(F)(F)C(F)(F)C(F)(F)C(F)(F)F)cc1)c1ccc(OC(F)(F)C(F)(I)C(F)(F)C(F)(F)C(F)(F)C(F)(F)C(F)(F)C(F)(F)C(F)(F)C(F)(F)C(F)(F)F)cc1. The predicted molar refractivity (Wildman–Crippen MR) is 194 cm³/mol. The molecule has 2 atom stereocenters. The molecular formula is C35H8F44I2O3. The number of ether oxygens (including phenoxy) is 2. The second kappa shape index (κ2) is 20.6. The number of hydrogen-bond donors (Lipinski definition) is 0.